The highest BCUT2D eigenvalue weighted by atomic mass is 35.5. The van der Waals surface area contributed by atoms with Crippen LogP contribution < -0.4 is 5.73 Å². The molecule has 1 aromatic heterocycles. The molecule has 4 rings (SSSR count). The Kier molecular flexibility index (Phi) is 7.51. The number of piperidine rings is 1. The van der Waals surface area contributed by atoms with Crippen LogP contribution >= 0.6 is 24.8 Å². The minimum atomic E-state index is -0.412. The van der Waals surface area contributed by atoms with Gasteiger partial charge < -0.3 is 20.4 Å². The first-order valence-corrected chi connectivity index (χ1v) is 9.24. The Bertz CT molecular complexity index is 720. The zero-order valence-electron chi connectivity index (χ0n) is 15.4. The number of para-hydroxylation sites is 2. The topological polar surface area (TPSA) is 84.2 Å². The summed E-state index contributed by atoms with van der Waals surface area (Å²) in [5, 5.41) is 0. The third-order valence-corrected chi connectivity index (χ3v) is 5.87. The molecule has 0 aliphatic carbocycles. The molecular formula is C19H28Cl2N4O2. The van der Waals surface area contributed by atoms with E-state index in [2.05, 4.69) is 11.1 Å². The van der Waals surface area contributed by atoms with E-state index in [9.17, 15) is 4.79 Å². The van der Waals surface area contributed by atoms with Gasteiger partial charge in [-0.1, -0.05) is 12.1 Å². The van der Waals surface area contributed by atoms with Crippen molar-refractivity contribution in [1.29, 1.82) is 0 Å². The largest absolute Gasteiger partial charge is 0.381 e. The van der Waals surface area contributed by atoms with Gasteiger partial charge in [-0.25, -0.2) is 4.98 Å². The predicted octanol–water partition coefficient (Wildman–Crippen LogP) is 2.87. The average Bonchev–Trinajstić information content (AvgIpc) is 3.12. The number of hydrogen-bond donors (Lipinski definition) is 2. The number of aromatic amines is 1. The van der Waals surface area contributed by atoms with Crippen LogP contribution in [0.4, 0.5) is 0 Å². The number of carbonyl (C=O) groups excluding carboxylic acids is 1. The second-order valence-corrected chi connectivity index (χ2v) is 7.30. The Morgan fingerprint density at radius 2 is 1.89 bits per heavy atom. The van der Waals surface area contributed by atoms with Gasteiger partial charge in [0.2, 0.25) is 5.91 Å². The van der Waals surface area contributed by atoms with Gasteiger partial charge in [-0.05, 0) is 37.8 Å². The number of aromatic nitrogens is 2. The van der Waals surface area contributed by atoms with Crippen LogP contribution in [-0.2, 0) is 9.53 Å². The standard InChI is InChI=1S/C19H26N4O2.2ClH/c20-13-19(7-11-25-12-8-19)18(24)23-9-5-14(6-10-23)17-21-15-3-1-2-4-16(15)22-17;;/h1-4,14H,5-13,20H2,(H,21,22);2*1H. The summed E-state index contributed by atoms with van der Waals surface area (Å²) in [6.07, 6.45) is 3.38. The second kappa shape index (κ2) is 9.24. The van der Waals surface area contributed by atoms with Crippen LogP contribution in [0.1, 0.15) is 37.4 Å². The number of halogens is 2. The maximum Gasteiger partial charge on any atom is 0.230 e. The number of imidazole rings is 1. The fourth-order valence-corrected chi connectivity index (χ4v) is 4.12. The fourth-order valence-electron chi connectivity index (χ4n) is 4.12. The molecule has 2 aliphatic rings. The minimum Gasteiger partial charge on any atom is -0.381 e. The molecular weight excluding hydrogens is 387 g/mol. The molecule has 0 atom stereocenters. The third-order valence-electron chi connectivity index (χ3n) is 5.87. The van der Waals surface area contributed by atoms with Gasteiger partial charge in [-0.15, -0.1) is 24.8 Å². The maximum absolute atomic E-state index is 13.1. The van der Waals surface area contributed by atoms with Gasteiger partial charge >= 0.3 is 0 Å². The first-order chi connectivity index (χ1) is 12.2. The molecule has 2 fully saturated rings. The van der Waals surface area contributed by atoms with Crippen LogP contribution in [0.5, 0.6) is 0 Å². The summed E-state index contributed by atoms with van der Waals surface area (Å²) in [5.41, 5.74) is 7.67. The molecule has 2 aromatic rings. The molecule has 8 heteroatoms. The third kappa shape index (κ3) is 4.24. The monoisotopic (exact) mass is 414 g/mol. The molecule has 1 aromatic carbocycles. The number of carbonyl (C=O) groups is 1. The average molecular weight is 415 g/mol. The molecule has 150 valence electrons. The van der Waals surface area contributed by atoms with Crippen molar-refractivity contribution in [2.75, 3.05) is 32.8 Å². The van der Waals surface area contributed by atoms with E-state index < -0.39 is 5.41 Å². The van der Waals surface area contributed by atoms with Crippen molar-refractivity contribution in [1.82, 2.24) is 14.9 Å². The first-order valence-electron chi connectivity index (χ1n) is 9.24. The van der Waals surface area contributed by atoms with Crippen LogP contribution in [0.25, 0.3) is 11.0 Å². The molecule has 27 heavy (non-hydrogen) atoms. The summed E-state index contributed by atoms with van der Waals surface area (Å²) < 4.78 is 5.43. The van der Waals surface area contributed by atoms with Gasteiger partial charge in [0.05, 0.1) is 16.4 Å². The van der Waals surface area contributed by atoms with Crippen LogP contribution in [-0.4, -0.2) is 53.6 Å². The van der Waals surface area contributed by atoms with Gasteiger partial charge in [-0.3, -0.25) is 4.79 Å². The summed E-state index contributed by atoms with van der Waals surface area (Å²) in [4.78, 5) is 23.2. The molecule has 2 aliphatic heterocycles. The van der Waals surface area contributed by atoms with Gasteiger partial charge in [0.25, 0.3) is 0 Å². The molecule has 0 saturated carbocycles. The second-order valence-electron chi connectivity index (χ2n) is 7.30. The van der Waals surface area contributed by atoms with Gasteiger partial charge in [0.15, 0.2) is 0 Å². The number of amides is 1. The fraction of sp³-hybridized carbons (Fsp3) is 0.579. The summed E-state index contributed by atoms with van der Waals surface area (Å²) in [7, 11) is 0. The smallest absolute Gasteiger partial charge is 0.230 e. The Morgan fingerprint density at radius 3 is 2.52 bits per heavy atom. The van der Waals surface area contributed by atoms with E-state index in [0.29, 0.717) is 25.7 Å². The number of hydrogen-bond acceptors (Lipinski definition) is 4. The number of nitrogens with two attached hydrogens (primary N) is 1. The van der Waals surface area contributed by atoms with E-state index in [0.717, 1.165) is 55.6 Å². The van der Waals surface area contributed by atoms with Crippen molar-refractivity contribution in [3.05, 3.63) is 30.1 Å². The van der Waals surface area contributed by atoms with Crippen molar-refractivity contribution in [2.24, 2.45) is 11.1 Å². The van der Waals surface area contributed by atoms with E-state index in [4.69, 9.17) is 15.5 Å². The number of ether oxygens (including phenoxy) is 1. The van der Waals surface area contributed by atoms with E-state index in [1.54, 1.807) is 0 Å². The highest BCUT2D eigenvalue weighted by Crippen LogP contribution is 2.34. The molecule has 3 N–H and O–H groups in total. The van der Waals surface area contributed by atoms with E-state index in [1.165, 1.54) is 0 Å². The van der Waals surface area contributed by atoms with Gasteiger partial charge in [-0.2, -0.15) is 0 Å². The zero-order chi connectivity index (χ0) is 17.3. The Hall–Kier alpha value is -1.34. The molecule has 6 nitrogen and oxygen atoms in total. The van der Waals surface area contributed by atoms with Gasteiger partial charge in [0, 0.05) is 38.8 Å². The van der Waals surface area contributed by atoms with Crippen molar-refractivity contribution in [3.63, 3.8) is 0 Å². The highest BCUT2D eigenvalue weighted by molar-refractivity contribution is 5.85. The van der Waals surface area contributed by atoms with Crippen molar-refractivity contribution < 1.29 is 9.53 Å². The number of benzene rings is 1. The number of fused-ring (bicyclic) bond motifs is 1. The highest BCUT2D eigenvalue weighted by Gasteiger charge is 2.42. The number of rotatable bonds is 3. The maximum atomic E-state index is 13.1. The van der Waals surface area contributed by atoms with Crippen molar-refractivity contribution in [3.8, 4) is 0 Å². The molecule has 0 radical (unpaired) electrons. The lowest BCUT2D eigenvalue weighted by molar-refractivity contribution is -0.148. The Morgan fingerprint density at radius 1 is 1.22 bits per heavy atom. The molecule has 0 spiro atoms. The molecule has 2 saturated heterocycles. The number of H-pyrrole nitrogens is 1. The molecule has 0 bridgehead atoms. The Balaban J connectivity index is 0.00000131. The lowest BCUT2D eigenvalue weighted by Crippen LogP contribution is -2.52. The summed E-state index contributed by atoms with van der Waals surface area (Å²) in [5.74, 6) is 1.66. The van der Waals surface area contributed by atoms with Crippen LogP contribution in [0.3, 0.4) is 0 Å². The quantitative estimate of drug-likeness (QED) is 0.808. The lowest BCUT2D eigenvalue weighted by atomic mass is 9.78. The first kappa shape index (κ1) is 22.0. The summed E-state index contributed by atoms with van der Waals surface area (Å²) >= 11 is 0. The predicted molar refractivity (Wildman–Crippen MR) is 111 cm³/mol. The number of likely N-dealkylation sites (tertiary alicyclic amines) is 1. The molecule has 1 amide bonds. The van der Waals surface area contributed by atoms with Crippen LogP contribution in [0, 0.1) is 5.41 Å². The SMILES string of the molecule is Cl.Cl.NCC1(C(=O)N2CCC(c3nc4ccccc4[nH]3)CC2)CCOCC1. The molecule has 0 unspecified atom stereocenters. The van der Waals surface area contributed by atoms with Crippen molar-refractivity contribution in [2.45, 2.75) is 31.6 Å². The molecule has 3 heterocycles. The zero-order valence-corrected chi connectivity index (χ0v) is 17.0. The minimum absolute atomic E-state index is 0. The summed E-state index contributed by atoms with van der Waals surface area (Å²) in [6, 6.07) is 8.12. The lowest BCUT2D eigenvalue weighted by Gasteiger charge is -2.41. The van der Waals surface area contributed by atoms with E-state index in [1.807, 2.05) is 23.1 Å². The van der Waals surface area contributed by atoms with Gasteiger partial charge in [0.1, 0.15) is 5.82 Å². The number of nitrogens with zero attached hydrogens (tertiary/aromatic N) is 2. The van der Waals surface area contributed by atoms with Crippen molar-refractivity contribution >= 4 is 41.8 Å². The van der Waals surface area contributed by atoms with E-state index in [-0.39, 0.29) is 30.7 Å². The van der Waals surface area contributed by atoms with Crippen LogP contribution in [0.15, 0.2) is 24.3 Å². The van der Waals surface area contributed by atoms with E-state index >= 15 is 0 Å². The Labute approximate surface area is 172 Å². The normalized spacial score (nSPS) is 20.0. The van der Waals surface area contributed by atoms with Crippen LogP contribution in [0.2, 0.25) is 0 Å². The summed E-state index contributed by atoms with van der Waals surface area (Å²) in [6.45, 7) is 3.25. The number of nitrogens with one attached hydrogen (secondary N) is 1.